The molecule has 0 aromatic rings. The first kappa shape index (κ1) is 26.3. The Bertz CT molecular complexity index is 370. The van der Waals surface area contributed by atoms with E-state index < -0.39 is 30.6 Å². The Labute approximate surface area is 164 Å². The van der Waals surface area contributed by atoms with Gasteiger partial charge in [-0.3, -0.25) is 0 Å². The molecule has 2 atom stereocenters. The zero-order valence-electron chi connectivity index (χ0n) is 17.4. The number of aliphatic hydroxyl groups is 4. The zero-order valence-corrected chi connectivity index (χ0v) is 17.4. The predicted molar refractivity (Wildman–Crippen MR) is 106 cm³/mol. The SMILES string of the molecule is CCCCCCCCCCCCCCC(O)(OC(=O)CO)C(O)(CC)CO. The van der Waals surface area contributed by atoms with Crippen molar-refractivity contribution in [2.24, 2.45) is 0 Å². The van der Waals surface area contributed by atoms with Gasteiger partial charge in [-0.1, -0.05) is 84.5 Å². The van der Waals surface area contributed by atoms with Crippen LogP contribution in [0.15, 0.2) is 0 Å². The Kier molecular flexibility index (Phi) is 14.9. The first-order chi connectivity index (χ1) is 12.9. The molecular formula is C21H42O6. The number of unbranched alkanes of at least 4 members (excludes halogenated alkanes) is 11. The van der Waals surface area contributed by atoms with Crippen LogP contribution in [-0.4, -0.2) is 51.0 Å². The fourth-order valence-corrected chi connectivity index (χ4v) is 3.32. The molecule has 0 aliphatic rings. The van der Waals surface area contributed by atoms with Gasteiger partial charge in [-0.05, 0) is 12.8 Å². The summed E-state index contributed by atoms with van der Waals surface area (Å²) in [7, 11) is 0. The summed E-state index contributed by atoms with van der Waals surface area (Å²) >= 11 is 0. The van der Waals surface area contributed by atoms with Gasteiger partial charge < -0.3 is 25.2 Å². The van der Waals surface area contributed by atoms with Gasteiger partial charge in [0.1, 0.15) is 6.61 Å². The normalized spacial score (nSPS) is 15.9. The lowest BCUT2D eigenvalue weighted by atomic mass is 9.86. The van der Waals surface area contributed by atoms with Gasteiger partial charge in [-0.15, -0.1) is 0 Å². The first-order valence-corrected chi connectivity index (χ1v) is 10.8. The third-order valence-corrected chi connectivity index (χ3v) is 5.35. The Balaban J connectivity index is 4.05. The molecule has 2 unspecified atom stereocenters. The molecule has 27 heavy (non-hydrogen) atoms. The quantitative estimate of drug-likeness (QED) is 0.162. The van der Waals surface area contributed by atoms with Gasteiger partial charge in [0.25, 0.3) is 0 Å². The van der Waals surface area contributed by atoms with Gasteiger partial charge in [-0.2, -0.15) is 0 Å². The number of carbonyl (C=O) groups excluding carboxylic acids is 1. The topological polar surface area (TPSA) is 107 Å². The molecule has 0 aromatic heterocycles. The fourth-order valence-electron chi connectivity index (χ4n) is 3.32. The van der Waals surface area contributed by atoms with Crippen molar-refractivity contribution in [1.82, 2.24) is 0 Å². The van der Waals surface area contributed by atoms with Crippen molar-refractivity contribution in [3.8, 4) is 0 Å². The summed E-state index contributed by atoms with van der Waals surface area (Å²) in [4.78, 5) is 11.4. The van der Waals surface area contributed by atoms with E-state index in [2.05, 4.69) is 6.92 Å². The Morgan fingerprint density at radius 3 is 1.59 bits per heavy atom. The van der Waals surface area contributed by atoms with E-state index in [9.17, 15) is 20.1 Å². The molecule has 0 bridgehead atoms. The van der Waals surface area contributed by atoms with Crippen LogP contribution in [0.4, 0.5) is 0 Å². The lowest BCUT2D eigenvalue weighted by Gasteiger charge is -2.40. The summed E-state index contributed by atoms with van der Waals surface area (Å²) in [5, 5.41) is 39.3. The van der Waals surface area contributed by atoms with Crippen LogP contribution in [0.3, 0.4) is 0 Å². The summed E-state index contributed by atoms with van der Waals surface area (Å²) in [6.07, 6.45) is 14.0. The Hall–Kier alpha value is -0.690. The molecule has 6 nitrogen and oxygen atoms in total. The molecule has 0 rings (SSSR count). The van der Waals surface area contributed by atoms with E-state index in [0.717, 1.165) is 19.3 Å². The van der Waals surface area contributed by atoms with E-state index in [1.165, 1.54) is 51.4 Å². The third kappa shape index (κ3) is 10.4. The van der Waals surface area contributed by atoms with Crippen LogP contribution in [0.25, 0.3) is 0 Å². The van der Waals surface area contributed by atoms with Gasteiger partial charge in [0.05, 0.1) is 6.61 Å². The van der Waals surface area contributed by atoms with E-state index in [1.807, 2.05) is 0 Å². The Morgan fingerprint density at radius 2 is 1.22 bits per heavy atom. The van der Waals surface area contributed by atoms with E-state index in [1.54, 1.807) is 6.92 Å². The van der Waals surface area contributed by atoms with Gasteiger partial charge in [0.15, 0.2) is 5.60 Å². The number of aliphatic hydroxyl groups excluding tert-OH is 2. The van der Waals surface area contributed by atoms with Crippen molar-refractivity contribution < 1.29 is 30.0 Å². The molecule has 0 aliphatic heterocycles. The van der Waals surface area contributed by atoms with Crippen molar-refractivity contribution >= 4 is 5.97 Å². The molecule has 0 heterocycles. The van der Waals surface area contributed by atoms with Crippen LogP contribution in [0.2, 0.25) is 0 Å². The summed E-state index contributed by atoms with van der Waals surface area (Å²) in [6, 6.07) is 0. The first-order valence-electron chi connectivity index (χ1n) is 10.8. The predicted octanol–water partition coefficient (Wildman–Crippen LogP) is 3.44. The lowest BCUT2D eigenvalue weighted by Crippen LogP contribution is -2.59. The number of hydrogen-bond acceptors (Lipinski definition) is 6. The Morgan fingerprint density at radius 1 is 0.778 bits per heavy atom. The molecule has 0 radical (unpaired) electrons. The summed E-state index contributed by atoms with van der Waals surface area (Å²) < 4.78 is 4.89. The maximum absolute atomic E-state index is 11.4. The molecule has 0 fully saturated rings. The van der Waals surface area contributed by atoms with Crippen LogP contribution in [-0.2, 0) is 9.53 Å². The summed E-state index contributed by atoms with van der Waals surface area (Å²) in [6.45, 7) is 2.21. The van der Waals surface area contributed by atoms with Crippen LogP contribution < -0.4 is 0 Å². The highest BCUT2D eigenvalue weighted by molar-refractivity contribution is 5.70. The number of hydrogen-bond donors (Lipinski definition) is 4. The highest BCUT2D eigenvalue weighted by atomic mass is 16.7. The average molecular weight is 391 g/mol. The van der Waals surface area contributed by atoms with Gasteiger partial charge in [0.2, 0.25) is 5.79 Å². The maximum Gasteiger partial charge on any atom is 0.334 e. The molecule has 6 heteroatoms. The van der Waals surface area contributed by atoms with Gasteiger partial charge >= 0.3 is 5.97 Å². The van der Waals surface area contributed by atoms with Crippen LogP contribution in [0.5, 0.6) is 0 Å². The molecule has 0 aliphatic carbocycles. The third-order valence-electron chi connectivity index (χ3n) is 5.35. The van der Waals surface area contributed by atoms with Crippen LogP contribution in [0.1, 0.15) is 104 Å². The molecule has 0 saturated carbocycles. The van der Waals surface area contributed by atoms with Gasteiger partial charge in [-0.25, -0.2) is 4.79 Å². The average Bonchev–Trinajstić information content (AvgIpc) is 2.67. The van der Waals surface area contributed by atoms with Crippen LogP contribution >= 0.6 is 0 Å². The summed E-state index contributed by atoms with van der Waals surface area (Å²) in [5.41, 5.74) is -1.93. The number of carbonyl (C=O) groups is 1. The molecular weight excluding hydrogens is 348 g/mol. The fraction of sp³-hybridized carbons (Fsp3) is 0.952. The zero-order chi connectivity index (χ0) is 20.6. The second-order valence-electron chi connectivity index (χ2n) is 7.60. The van der Waals surface area contributed by atoms with Crippen molar-refractivity contribution in [2.45, 2.75) is 115 Å². The second kappa shape index (κ2) is 15.3. The largest absolute Gasteiger partial charge is 0.428 e. The monoisotopic (exact) mass is 390 g/mol. The minimum absolute atomic E-state index is 0.0248. The standard InChI is InChI=1S/C21H42O6/c1-3-5-6-7-8-9-10-11-12-13-14-15-16-21(26,27-19(24)17-22)20(25,4-2)18-23/h22-23,25-26H,3-18H2,1-2H3. The minimum atomic E-state index is -2.19. The van der Waals surface area contributed by atoms with Crippen molar-refractivity contribution in [3.63, 3.8) is 0 Å². The number of esters is 1. The lowest BCUT2D eigenvalue weighted by molar-refractivity contribution is -0.299. The van der Waals surface area contributed by atoms with E-state index in [4.69, 9.17) is 9.84 Å². The van der Waals surface area contributed by atoms with Gasteiger partial charge in [0, 0.05) is 6.42 Å². The summed E-state index contributed by atoms with van der Waals surface area (Å²) in [5.74, 6) is -3.20. The molecule has 0 aromatic carbocycles. The number of rotatable bonds is 18. The maximum atomic E-state index is 11.4. The molecule has 0 amide bonds. The van der Waals surface area contributed by atoms with Crippen molar-refractivity contribution in [2.75, 3.05) is 13.2 Å². The smallest absolute Gasteiger partial charge is 0.334 e. The van der Waals surface area contributed by atoms with Crippen LogP contribution in [0, 0.1) is 0 Å². The van der Waals surface area contributed by atoms with E-state index >= 15 is 0 Å². The molecule has 162 valence electrons. The van der Waals surface area contributed by atoms with E-state index in [-0.39, 0.29) is 12.8 Å². The second-order valence-corrected chi connectivity index (χ2v) is 7.60. The van der Waals surface area contributed by atoms with Crippen molar-refractivity contribution in [3.05, 3.63) is 0 Å². The molecule has 0 spiro atoms. The number of ether oxygens (including phenoxy) is 1. The highest BCUT2D eigenvalue weighted by Gasteiger charge is 2.50. The highest BCUT2D eigenvalue weighted by Crippen LogP contribution is 2.32. The van der Waals surface area contributed by atoms with E-state index in [0.29, 0.717) is 6.42 Å². The van der Waals surface area contributed by atoms with Crippen molar-refractivity contribution in [1.29, 1.82) is 0 Å². The molecule has 4 N–H and O–H groups in total. The molecule has 0 saturated heterocycles. The minimum Gasteiger partial charge on any atom is -0.428 e.